The van der Waals surface area contributed by atoms with Gasteiger partial charge in [0.25, 0.3) is 0 Å². The third-order valence-electron chi connectivity index (χ3n) is 6.40. The first-order chi connectivity index (χ1) is 15.6. The molecule has 2 aliphatic heterocycles. The molecule has 0 saturated carbocycles. The predicted octanol–water partition coefficient (Wildman–Crippen LogP) is 1.96. The lowest BCUT2D eigenvalue weighted by atomic mass is 9.88. The Morgan fingerprint density at radius 2 is 1.84 bits per heavy atom. The van der Waals surface area contributed by atoms with E-state index in [0.717, 1.165) is 69.8 Å². The molecule has 32 heavy (non-hydrogen) atoms. The maximum Gasteiger partial charge on any atom is 0.225 e. The molecule has 2 saturated heterocycles. The topological polar surface area (TPSA) is 110 Å². The summed E-state index contributed by atoms with van der Waals surface area (Å²) in [5.41, 5.74) is 8.51. The molecule has 9 heteroatoms. The van der Waals surface area contributed by atoms with E-state index in [9.17, 15) is 4.79 Å². The summed E-state index contributed by atoms with van der Waals surface area (Å²) in [5.74, 6) is 1.16. The van der Waals surface area contributed by atoms with Crippen molar-refractivity contribution in [3.05, 3.63) is 48.2 Å². The van der Waals surface area contributed by atoms with Crippen LogP contribution in [0.1, 0.15) is 36.9 Å². The first kappa shape index (κ1) is 22.1. The normalized spacial score (nSPS) is 19.2. The smallest absolute Gasteiger partial charge is 0.225 e. The molecule has 9 nitrogen and oxygen atoms in total. The molecule has 0 unspecified atom stereocenters. The highest BCUT2D eigenvalue weighted by Crippen LogP contribution is 2.26. The van der Waals surface area contributed by atoms with E-state index in [-0.39, 0.29) is 11.8 Å². The molecule has 0 bridgehead atoms. The molecule has 2 aliphatic rings. The number of rotatable bonds is 6. The monoisotopic (exact) mass is 437 g/mol. The number of nitrogens with zero attached hydrogens (tertiary/aromatic N) is 6. The standard InChI is InChI=1S/C23H31N7O2/c1-32-28-22(20-15-25-8-9-26-20)18-5-12-30(13-6-18)23(31)19-3-10-29(11-4-19)16-17-2-7-27-21(24)14-17/h2,7-9,14-15,18-19H,3-6,10-13,16H2,1H3,(H2,24,27)/b28-22-. The van der Waals surface area contributed by atoms with Gasteiger partial charge in [-0.15, -0.1) is 0 Å². The number of anilines is 1. The Kier molecular flexibility index (Phi) is 7.26. The lowest BCUT2D eigenvalue weighted by Crippen LogP contribution is -2.46. The second-order valence-electron chi connectivity index (χ2n) is 8.49. The van der Waals surface area contributed by atoms with Gasteiger partial charge in [0.1, 0.15) is 24.3 Å². The molecule has 1 amide bonds. The summed E-state index contributed by atoms with van der Waals surface area (Å²) in [6.07, 6.45) is 10.3. The van der Waals surface area contributed by atoms with Crippen molar-refractivity contribution >= 4 is 17.4 Å². The highest BCUT2D eigenvalue weighted by Gasteiger charge is 2.32. The van der Waals surface area contributed by atoms with Crippen LogP contribution >= 0.6 is 0 Å². The van der Waals surface area contributed by atoms with E-state index in [0.29, 0.717) is 11.7 Å². The van der Waals surface area contributed by atoms with E-state index in [1.54, 1.807) is 31.9 Å². The Hall–Kier alpha value is -3.07. The molecule has 4 heterocycles. The largest absolute Gasteiger partial charge is 0.399 e. The molecule has 4 rings (SSSR count). The van der Waals surface area contributed by atoms with Gasteiger partial charge in [-0.2, -0.15) is 0 Å². The van der Waals surface area contributed by atoms with Gasteiger partial charge in [0, 0.05) is 50.1 Å². The molecule has 2 N–H and O–H groups in total. The molecular formula is C23H31N7O2. The number of nitrogens with two attached hydrogens (primary N) is 1. The number of carbonyl (C=O) groups is 1. The number of piperidine rings is 2. The van der Waals surface area contributed by atoms with E-state index in [1.807, 2.05) is 17.0 Å². The Labute approximate surface area is 188 Å². The van der Waals surface area contributed by atoms with Crippen LogP contribution in [0.3, 0.4) is 0 Å². The highest BCUT2D eigenvalue weighted by atomic mass is 16.6. The van der Waals surface area contributed by atoms with E-state index in [2.05, 4.69) is 25.0 Å². The van der Waals surface area contributed by atoms with Crippen LogP contribution in [-0.4, -0.2) is 69.7 Å². The van der Waals surface area contributed by atoms with Gasteiger partial charge in [-0.05, 0) is 56.5 Å². The van der Waals surface area contributed by atoms with E-state index in [4.69, 9.17) is 10.6 Å². The number of likely N-dealkylation sites (tertiary alicyclic amines) is 2. The number of carbonyl (C=O) groups excluding carboxylic acids is 1. The fraction of sp³-hybridized carbons (Fsp3) is 0.522. The van der Waals surface area contributed by atoms with Crippen molar-refractivity contribution in [1.29, 1.82) is 0 Å². The van der Waals surface area contributed by atoms with Gasteiger partial charge in [-0.1, -0.05) is 5.16 Å². The summed E-state index contributed by atoms with van der Waals surface area (Å²) in [6.45, 7) is 4.17. The van der Waals surface area contributed by atoms with Crippen LogP contribution in [0, 0.1) is 11.8 Å². The molecular weight excluding hydrogens is 406 g/mol. The molecule has 0 aromatic carbocycles. The van der Waals surface area contributed by atoms with Gasteiger partial charge < -0.3 is 15.5 Å². The van der Waals surface area contributed by atoms with Crippen molar-refractivity contribution in [1.82, 2.24) is 24.8 Å². The maximum absolute atomic E-state index is 13.1. The minimum absolute atomic E-state index is 0.109. The summed E-state index contributed by atoms with van der Waals surface area (Å²) in [5, 5.41) is 4.22. The predicted molar refractivity (Wildman–Crippen MR) is 122 cm³/mol. The zero-order valence-corrected chi connectivity index (χ0v) is 18.6. The average molecular weight is 438 g/mol. The van der Waals surface area contributed by atoms with Gasteiger partial charge >= 0.3 is 0 Å². The number of aromatic nitrogens is 3. The summed E-state index contributed by atoms with van der Waals surface area (Å²) >= 11 is 0. The Bertz CT molecular complexity index is 921. The van der Waals surface area contributed by atoms with Crippen molar-refractivity contribution in [2.24, 2.45) is 17.0 Å². The summed E-state index contributed by atoms with van der Waals surface area (Å²) in [4.78, 5) is 35.2. The third kappa shape index (κ3) is 5.40. The van der Waals surface area contributed by atoms with Crippen molar-refractivity contribution in [3.63, 3.8) is 0 Å². The van der Waals surface area contributed by atoms with Crippen LogP contribution in [0.4, 0.5) is 5.82 Å². The SMILES string of the molecule is CO/N=C(\c1cnccn1)C1CCN(C(=O)C2CCN(Cc3ccnc(N)c3)CC2)CC1. The quantitative estimate of drug-likeness (QED) is 0.543. The zero-order valence-electron chi connectivity index (χ0n) is 18.6. The van der Waals surface area contributed by atoms with Gasteiger partial charge in [-0.25, -0.2) is 4.98 Å². The fourth-order valence-electron chi connectivity index (χ4n) is 4.68. The summed E-state index contributed by atoms with van der Waals surface area (Å²) in [7, 11) is 1.55. The van der Waals surface area contributed by atoms with Crippen LogP contribution in [0.15, 0.2) is 42.1 Å². The van der Waals surface area contributed by atoms with Crippen LogP contribution in [0.2, 0.25) is 0 Å². The van der Waals surface area contributed by atoms with Crippen molar-refractivity contribution in [2.75, 3.05) is 39.0 Å². The number of hydrogen-bond donors (Lipinski definition) is 1. The number of amides is 1. The van der Waals surface area contributed by atoms with Crippen LogP contribution in [0.25, 0.3) is 0 Å². The molecule has 2 fully saturated rings. The third-order valence-corrected chi connectivity index (χ3v) is 6.40. The highest BCUT2D eigenvalue weighted by molar-refractivity contribution is 6.00. The number of nitrogen functional groups attached to an aromatic ring is 1. The van der Waals surface area contributed by atoms with E-state index < -0.39 is 0 Å². The first-order valence-corrected chi connectivity index (χ1v) is 11.2. The minimum atomic E-state index is 0.109. The molecule has 170 valence electrons. The second-order valence-corrected chi connectivity index (χ2v) is 8.49. The lowest BCUT2D eigenvalue weighted by molar-refractivity contribution is -0.138. The minimum Gasteiger partial charge on any atom is -0.399 e. The fourth-order valence-corrected chi connectivity index (χ4v) is 4.68. The summed E-state index contributed by atoms with van der Waals surface area (Å²) in [6, 6.07) is 3.92. The number of oxime groups is 1. The Balaban J connectivity index is 1.27. The molecule has 0 atom stereocenters. The number of pyridine rings is 1. The number of hydrogen-bond acceptors (Lipinski definition) is 8. The first-order valence-electron chi connectivity index (χ1n) is 11.2. The van der Waals surface area contributed by atoms with E-state index in [1.165, 1.54) is 5.56 Å². The van der Waals surface area contributed by atoms with E-state index >= 15 is 0 Å². The molecule has 0 spiro atoms. The average Bonchev–Trinajstić information content (AvgIpc) is 2.83. The zero-order chi connectivity index (χ0) is 22.3. The van der Waals surface area contributed by atoms with Crippen molar-refractivity contribution in [2.45, 2.75) is 32.2 Å². The van der Waals surface area contributed by atoms with Crippen LogP contribution < -0.4 is 5.73 Å². The van der Waals surface area contributed by atoms with Crippen molar-refractivity contribution < 1.29 is 9.63 Å². The Morgan fingerprint density at radius 3 is 2.50 bits per heavy atom. The van der Waals surface area contributed by atoms with Crippen LogP contribution in [0.5, 0.6) is 0 Å². The summed E-state index contributed by atoms with van der Waals surface area (Å²) < 4.78 is 0. The lowest BCUT2D eigenvalue weighted by Gasteiger charge is -2.37. The molecule has 2 aromatic rings. The van der Waals surface area contributed by atoms with Gasteiger partial charge in [-0.3, -0.25) is 19.7 Å². The molecule has 0 radical (unpaired) electrons. The Morgan fingerprint density at radius 1 is 1.09 bits per heavy atom. The van der Waals surface area contributed by atoms with Crippen LogP contribution in [-0.2, 0) is 16.2 Å². The molecule has 0 aliphatic carbocycles. The van der Waals surface area contributed by atoms with Gasteiger partial charge in [0.2, 0.25) is 5.91 Å². The maximum atomic E-state index is 13.1. The van der Waals surface area contributed by atoms with Gasteiger partial charge in [0.15, 0.2) is 0 Å². The van der Waals surface area contributed by atoms with Crippen molar-refractivity contribution in [3.8, 4) is 0 Å². The second kappa shape index (κ2) is 10.5. The molecule has 2 aromatic heterocycles. The van der Waals surface area contributed by atoms with Gasteiger partial charge in [0.05, 0.1) is 6.20 Å².